The first-order valence-corrected chi connectivity index (χ1v) is 7.19. The summed E-state index contributed by atoms with van der Waals surface area (Å²) in [6, 6.07) is 12.4. The second-order valence-electron chi connectivity index (χ2n) is 5.50. The number of hydrogen-bond acceptors (Lipinski definition) is 4. The molecule has 0 unspecified atom stereocenters. The van der Waals surface area contributed by atoms with Crippen LogP contribution in [-0.4, -0.2) is 25.1 Å². The summed E-state index contributed by atoms with van der Waals surface area (Å²) in [6.45, 7) is 4.99. The van der Waals surface area contributed by atoms with Gasteiger partial charge in [0.1, 0.15) is 5.75 Å². The lowest BCUT2D eigenvalue weighted by Crippen LogP contribution is -2.22. The molecule has 2 aromatic rings. The quantitative estimate of drug-likeness (QED) is 0.882. The summed E-state index contributed by atoms with van der Waals surface area (Å²) in [5.41, 5.74) is 2.16. The zero-order valence-corrected chi connectivity index (χ0v) is 13.1. The van der Waals surface area contributed by atoms with E-state index in [0.717, 1.165) is 23.5 Å². The van der Waals surface area contributed by atoms with Gasteiger partial charge in [-0.3, -0.25) is 0 Å². The van der Waals surface area contributed by atoms with Crippen LogP contribution in [0.25, 0.3) is 0 Å². The molecule has 112 valence electrons. The molecule has 1 heterocycles. The minimum atomic E-state index is 0.426. The lowest BCUT2D eigenvalue weighted by Gasteiger charge is -2.15. The molecule has 2 rings (SSSR count). The maximum atomic E-state index is 5.95. The smallest absolute Gasteiger partial charge is 0.223 e. The molecule has 1 aromatic carbocycles. The second kappa shape index (κ2) is 7.09. The van der Waals surface area contributed by atoms with Gasteiger partial charge in [0.25, 0.3) is 0 Å². The van der Waals surface area contributed by atoms with Crippen molar-refractivity contribution in [2.45, 2.75) is 26.4 Å². The second-order valence-corrected chi connectivity index (χ2v) is 5.50. The Kier molecular flexibility index (Phi) is 5.17. The number of benzene rings is 1. The molecule has 21 heavy (non-hydrogen) atoms. The van der Waals surface area contributed by atoms with Gasteiger partial charge < -0.3 is 15.0 Å². The SMILES string of the molecule is CC(C)NCc1cccnc1Oc1cccc(N(C)C)c1. The van der Waals surface area contributed by atoms with Crippen LogP contribution in [0.4, 0.5) is 5.69 Å². The topological polar surface area (TPSA) is 37.4 Å². The first-order valence-electron chi connectivity index (χ1n) is 7.19. The third-order valence-corrected chi connectivity index (χ3v) is 3.10. The highest BCUT2D eigenvalue weighted by atomic mass is 16.5. The van der Waals surface area contributed by atoms with Gasteiger partial charge >= 0.3 is 0 Å². The number of nitrogens with one attached hydrogen (secondary N) is 1. The fourth-order valence-electron chi connectivity index (χ4n) is 1.90. The van der Waals surface area contributed by atoms with Crippen molar-refractivity contribution in [3.05, 3.63) is 48.2 Å². The molecule has 0 aliphatic heterocycles. The molecule has 0 saturated heterocycles. The van der Waals surface area contributed by atoms with E-state index < -0.39 is 0 Å². The molecule has 4 heteroatoms. The van der Waals surface area contributed by atoms with Crippen molar-refractivity contribution in [3.63, 3.8) is 0 Å². The van der Waals surface area contributed by atoms with Crippen LogP contribution in [0.3, 0.4) is 0 Å². The number of nitrogens with zero attached hydrogens (tertiary/aromatic N) is 2. The molecule has 0 amide bonds. The molecule has 0 saturated carbocycles. The lowest BCUT2D eigenvalue weighted by molar-refractivity contribution is 0.450. The number of pyridine rings is 1. The average molecular weight is 285 g/mol. The number of hydrogen-bond donors (Lipinski definition) is 1. The van der Waals surface area contributed by atoms with E-state index in [1.807, 2.05) is 55.4 Å². The number of rotatable bonds is 6. The van der Waals surface area contributed by atoms with Crippen molar-refractivity contribution < 1.29 is 4.74 Å². The predicted octanol–water partition coefficient (Wildman–Crippen LogP) is 3.44. The van der Waals surface area contributed by atoms with Crippen molar-refractivity contribution in [1.82, 2.24) is 10.3 Å². The zero-order valence-electron chi connectivity index (χ0n) is 13.1. The first-order chi connectivity index (χ1) is 10.1. The third kappa shape index (κ3) is 4.46. The molecule has 0 radical (unpaired) electrons. The Labute approximate surface area is 126 Å². The monoisotopic (exact) mass is 285 g/mol. The highest BCUT2D eigenvalue weighted by molar-refractivity contribution is 5.50. The fraction of sp³-hybridized carbons (Fsp3) is 0.353. The largest absolute Gasteiger partial charge is 0.439 e. The molecule has 0 bridgehead atoms. The number of ether oxygens (including phenoxy) is 1. The van der Waals surface area contributed by atoms with Crippen molar-refractivity contribution in [2.75, 3.05) is 19.0 Å². The van der Waals surface area contributed by atoms with Crippen molar-refractivity contribution in [1.29, 1.82) is 0 Å². The number of anilines is 1. The summed E-state index contributed by atoms with van der Waals surface area (Å²) in [5, 5.41) is 3.39. The zero-order chi connectivity index (χ0) is 15.2. The summed E-state index contributed by atoms with van der Waals surface area (Å²) in [6.07, 6.45) is 1.75. The van der Waals surface area contributed by atoms with E-state index in [2.05, 4.69) is 24.1 Å². The fourth-order valence-corrected chi connectivity index (χ4v) is 1.90. The van der Waals surface area contributed by atoms with Gasteiger partial charge in [0.15, 0.2) is 0 Å². The maximum absolute atomic E-state index is 5.95. The standard InChI is InChI=1S/C17H23N3O/c1-13(2)19-12-14-7-6-10-18-17(14)21-16-9-5-8-15(11-16)20(3)4/h5-11,13,19H,12H2,1-4H3. The summed E-state index contributed by atoms with van der Waals surface area (Å²) in [5.74, 6) is 1.45. The van der Waals surface area contributed by atoms with Gasteiger partial charge in [-0.15, -0.1) is 0 Å². The van der Waals surface area contributed by atoms with E-state index in [9.17, 15) is 0 Å². The van der Waals surface area contributed by atoms with Crippen LogP contribution < -0.4 is 15.0 Å². The summed E-state index contributed by atoms with van der Waals surface area (Å²) >= 11 is 0. The first kappa shape index (κ1) is 15.3. The molecule has 0 atom stereocenters. The van der Waals surface area contributed by atoms with Gasteiger partial charge in [-0.25, -0.2) is 4.98 Å². The predicted molar refractivity (Wildman–Crippen MR) is 87.1 cm³/mol. The Morgan fingerprint density at radius 2 is 2.00 bits per heavy atom. The van der Waals surface area contributed by atoms with E-state index in [1.54, 1.807) is 6.20 Å². The van der Waals surface area contributed by atoms with E-state index in [4.69, 9.17) is 4.74 Å². The Morgan fingerprint density at radius 1 is 1.19 bits per heavy atom. The minimum Gasteiger partial charge on any atom is -0.439 e. The van der Waals surface area contributed by atoms with Gasteiger partial charge in [0, 0.05) is 50.2 Å². The number of aromatic nitrogens is 1. The lowest BCUT2D eigenvalue weighted by atomic mass is 10.2. The van der Waals surface area contributed by atoms with Gasteiger partial charge in [0.2, 0.25) is 5.88 Å². The molecule has 0 fully saturated rings. The van der Waals surface area contributed by atoms with Gasteiger partial charge in [-0.1, -0.05) is 26.0 Å². The normalized spacial score (nSPS) is 10.7. The third-order valence-electron chi connectivity index (χ3n) is 3.10. The van der Waals surface area contributed by atoms with Gasteiger partial charge in [-0.05, 0) is 18.2 Å². The molecule has 0 spiro atoms. The molecular weight excluding hydrogens is 262 g/mol. The van der Waals surface area contributed by atoms with Crippen LogP contribution in [-0.2, 0) is 6.54 Å². The van der Waals surface area contributed by atoms with E-state index in [-0.39, 0.29) is 0 Å². The molecular formula is C17H23N3O. The summed E-state index contributed by atoms with van der Waals surface area (Å²) in [7, 11) is 4.02. The molecule has 4 nitrogen and oxygen atoms in total. The minimum absolute atomic E-state index is 0.426. The van der Waals surface area contributed by atoms with Crippen LogP contribution in [0, 0.1) is 0 Å². The van der Waals surface area contributed by atoms with Crippen LogP contribution in [0.2, 0.25) is 0 Å². The van der Waals surface area contributed by atoms with E-state index in [1.165, 1.54) is 0 Å². The Balaban J connectivity index is 2.17. The van der Waals surface area contributed by atoms with Crippen molar-refractivity contribution in [3.8, 4) is 11.6 Å². The molecule has 0 aliphatic rings. The average Bonchev–Trinajstić information content (AvgIpc) is 2.46. The Hall–Kier alpha value is -2.07. The van der Waals surface area contributed by atoms with Crippen molar-refractivity contribution >= 4 is 5.69 Å². The van der Waals surface area contributed by atoms with Crippen LogP contribution in [0.1, 0.15) is 19.4 Å². The Morgan fingerprint density at radius 3 is 2.71 bits per heavy atom. The summed E-state index contributed by atoms with van der Waals surface area (Å²) < 4.78 is 5.95. The Bertz CT molecular complexity index is 582. The van der Waals surface area contributed by atoms with Gasteiger partial charge in [0.05, 0.1) is 0 Å². The van der Waals surface area contributed by atoms with Crippen LogP contribution in [0.5, 0.6) is 11.6 Å². The van der Waals surface area contributed by atoms with Crippen LogP contribution in [0.15, 0.2) is 42.6 Å². The summed E-state index contributed by atoms with van der Waals surface area (Å²) in [4.78, 5) is 6.40. The maximum Gasteiger partial charge on any atom is 0.223 e. The van der Waals surface area contributed by atoms with Crippen LogP contribution >= 0.6 is 0 Å². The van der Waals surface area contributed by atoms with E-state index >= 15 is 0 Å². The van der Waals surface area contributed by atoms with Crippen molar-refractivity contribution in [2.24, 2.45) is 0 Å². The van der Waals surface area contributed by atoms with Gasteiger partial charge in [-0.2, -0.15) is 0 Å². The highest BCUT2D eigenvalue weighted by Crippen LogP contribution is 2.26. The molecule has 1 N–H and O–H groups in total. The molecule has 1 aromatic heterocycles. The molecule has 0 aliphatic carbocycles. The highest BCUT2D eigenvalue weighted by Gasteiger charge is 2.07. The van der Waals surface area contributed by atoms with E-state index in [0.29, 0.717) is 11.9 Å².